The summed E-state index contributed by atoms with van der Waals surface area (Å²) in [7, 11) is 0. The Morgan fingerprint density at radius 3 is 2.66 bits per heavy atom. The topological polar surface area (TPSA) is 132 Å². The number of carbonyl (C=O) groups excluding carboxylic acids is 3. The number of hydrogen-bond acceptors (Lipinski definition) is 7. The average molecular weight is 395 g/mol. The molecule has 0 aliphatic carbocycles. The van der Waals surface area contributed by atoms with Crippen molar-refractivity contribution in [2.45, 2.75) is 6.92 Å². The Balaban J connectivity index is 1.83. The van der Waals surface area contributed by atoms with E-state index < -0.39 is 23.3 Å². The predicted octanol–water partition coefficient (Wildman–Crippen LogP) is 0.635. The van der Waals surface area contributed by atoms with Gasteiger partial charge in [0.25, 0.3) is 17.4 Å². The molecule has 0 fully saturated rings. The first-order chi connectivity index (χ1) is 14.0. The van der Waals surface area contributed by atoms with E-state index in [0.29, 0.717) is 0 Å². The lowest BCUT2D eigenvalue weighted by atomic mass is 10.2. The van der Waals surface area contributed by atoms with Crippen LogP contribution in [0.3, 0.4) is 0 Å². The van der Waals surface area contributed by atoms with Crippen LogP contribution >= 0.6 is 0 Å². The van der Waals surface area contributed by atoms with Gasteiger partial charge in [0.2, 0.25) is 0 Å². The molecule has 3 aromatic heterocycles. The number of amides is 2. The van der Waals surface area contributed by atoms with Crippen LogP contribution in [0.15, 0.2) is 53.8 Å². The summed E-state index contributed by atoms with van der Waals surface area (Å²) in [5.41, 5.74) is 0.0922. The van der Waals surface area contributed by atoms with Crippen molar-refractivity contribution in [2.75, 3.05) is 18.5 Å². The molecular weight excluding hydrogens is 378 g/mol. The quantitative estimate of drug-likeness (QED) is 0.585. The highest BCUT2D eigenvalue weighted by atomic mass is 16.5. The van der Waals surface area contributed by atoms with Crippen LogP contribution in [0.2, 0.25) is 0 Å². The standard InChI is InChI=1S/C19H17N5O5/c1-2-29-16(25)10-22-17(26)13-5-6-15-21-9-14(19(28)24(15)11-13)23-18(27)12-4-3-7-20-8-12/h3-9,11H,2,10H2,1H3,(H,22,26)(H,23,27). The lowest BCUT2D eigenvalue weighted by Gasteiger charge is -2.08. The molecular formula is C19H17N5O5. The minimum absolute atomic E-state index is 0.0552. The van der Waals surface area contributed by atoms with Crippen molar-refractivity contribution in [1.82, 2.24) is 19.7 Å². The second-order valence-corrected chi connectivity index (χ2v) is 5.81. The fourth-order valence-electron chi connectivity index (χ4n) is 2.45. The van der Waals surface area contributed by atoms with E-state index in [2.05, 4.69) is 20.6 Å². The number of anilines is 1. The minimum atomic E-state index is -0.569. The molecule has 0 radical (unpaired) electrons. The number of hydrogen-bond donors (Lipinski definition) is 2. The first-order valence-corrected chi connectivity index (χ1v) is 8.66. The van der Waals surface area contributed by atoms with Crippen LogP contribution in [0.1, 0.15) is 27.6 Å². The van der Waals surface area contributed by atoms with E-state index >= 15 is 0 Å². The van der Waals surface area contributed by atoms with Gasteiger partial charge >= 0.3 is 5.97 Å². The summed E-state index contributed by atoms with van der Waals surface area (Å²) in [5, 5.41) is 4.90. The molecule has 2 N–H and O–H groups in total. The third-order valence-corrected chi connectivity index (χ3v) is 3.83. The first-order valence-electron chi connectivity index (χ1n) is 8.66. The van der Waals surface area contributed by atoms with Gasteiger partial charge < -0.3 is 15.4 Å². The highest BCUT2D eigenvalue weighted by Crippen LogP contribution is 2.07. The highest BCUT2D eigenvalue weighted by Gasteiger charge is 2.13. The highest BCUT2D eigenvalue weighted by molar-refractivity contribution is 6.03. The van der Waals surface area contributed by atoms with E-state index in [1.54, 1.807) is 19.1 Å². The van der Waals surface area contributed by atoms with E-state index in [4.69, 9.17) is 4.74 Å². The fourth-order valence-corrected chi connectivity index (χ4v) is 2.45. The number of esters is 1. The molecule has 0 saturated carbocycles. The van der Waals surface area contributed by atoms with Gasteiger partial charge in [0, 0.05) is 18.6 Å². The summed E-state index contributed by atoms with van der Waals surface area (Å²) in [6.45, 7) is 1.57. The van der Waals surface area contributed by atoms with E-state index in [-0.39, 0.29) is 35.6 Å². The molecule has 3 aromatic rings. The van der Waals surface area contributed by atoms with Crippen LogP contribution in [-0.4, -0.2) is 45.3 Å². The SMILES string of the molecule is CCOC(=O)CNC(=O)c1ccc2ncc(NC(=O)c3cccnc3)c(=O)n2c1. The molecule has 10 nitrogen and oxygen atoms in total. The average Bonchev–Trinajstić information content (AvgIpc) is 2.74. The maximum Gasteiger partial charge on any atom is 0.325 e. The molecule has 0 spiro atoms. The van der Waals surface area contributed by atoms with Crippen molar-refractivity contribution in [2.24, 2.45) is 0 Å². The zero-order chi connectivity index (χ0) is 20.8. The number of carbonyl (C=O) groups is 3. The molecule has 0 aromatic carbocycles. The molecule has 0 aliphatic heterocycles. The number of aromatic nitrogens is 3. The van der Waals surface area contributed by atoms with Crippen LogP contribution in [0.25, 0.3) is 5.65 Å². The number of nitrogens with zero attached hydrogens (tertiary/aromatic N) is 3. The zero-order valence-electron chi connectivity index (χ0n) is 15.4. The van der Waals surface area contributed by atoms with E-state index in [9.17, 15) is 19.2 Å². The second kappa shape index (κ2) is 8.74. The van der Waals surface area contributed by atoms with Gasteiger partial charge in [0.15, 0.2) is 0 Å². The fraction of sp³-hybridized carbons (Fsp3) is 0.158. The van der Waals surface area contributed by atoms with E-state index in [1.807, 2.05) is 0 Å². The van der Waals surface area contributed by atoms with Gasteiger partial charge in [-0.3, -0.25) is 28.6 Å². The molecule has 0 saturated heterocycles. The van der Waals surface area contributed by atoms with Gasteiger partial charge in [-0.05, 0) is 31.2 Å². The van der Waals surface area contributed by atoms with Gasteiger partial charge in [0.05, 0.1) is 23.9 Å². The van der Waals surface area contributed by atoms with Crippen molar-refractivity contribution in [3.05, 3.63) is 70.5 Å². The summed E-state index contributed by atoms with van der Waals surface area (Å²) < 4.78 is 5.88. The van der Waals surface area contributed by atoms with Crippen molar-refractivity contribution >= 4 is 29.1 Å². The molecule has 29 heavy (non-hydrogen) atoms. The molecule has 0 atom stereocenters. The molecule has 3 rings (SSSR count). The Hall–Kier alpha value is -4.08. The van der Waals surface area contributed by atoms with Crippen molar-refractivity contribution in [3.8, 4) is 0 Å². The summed E-state index contributed by atoms with van der Waals surface area (Å²) in [6.07, 6.45) is 5.42. The molecule has 0 aliphatic rings. The number of fused-ring (bicyclic) bond motifs is 1. The largest absolute Gasteiger partial charge is 0.465 e. The summed E-state index contributed by atoms with van der Waals surface area (Å²) in [6, 6.07) is 6.10. The van der Waals surface area contributed by atoms with Crippen molar-refractivity contribution < 1.29 is 19.1 Å². The Morgan fingerprint density at radius 2 is 1.93 bits per heavy atom. The first kappa shape index (κ1) is 19.7. The van der Waals surface area contributed by atoms with Gasteiger partial charge in [-0.25, -0.2) is 4.98 Å². The Kier molecular flexibility index (Phi) is 5.93. The van der Waals surface area contributed by atoms with Gasteiger partial charge in [-0.2, -0.15) is 0 Å². The molecule has 0 unspecified atom stereocenters. The van der Waals surface area contributed by atoms with Gasteiger partial charge in [-0.1, -0.05) is 0 Å². The molecule has 3 heterocycles. The Bertz CT molecular complexity index is 1130. The number of rotatable bonds is 6. The van der Waals surface area contributed by atoms with Crippen molar-refractivity contribution in [1.29, 1.82) is 0 Å². The third kappa shape index (κ3) is 4.61. The molecule has 2 amide bonds. The lowest BCUT2D eigenvalue weighted by molar-refractivity contribution is -0.141. The van der Waals surface area contributed by atoms with Crippen LogP contribution < -0.4 is 16.2 Å². The lowest BCUT2D eigenvalue weighted by Crippen LogP contribution is -2.31. The summed E-state index contributed by atoms with van der Waals surface area (Å²) >= 11 is 0. The monoisotopic (exact) mass is 395 g/mol. The summed E-state index contributed by atoms with van der Waals surface area (Å²) in [4.78, 5) is 56.5. The number of ether oxygens (including phenoxy) is 1. The molecule has 10 heteroatoms. The number of pyridine rings is 2. The smallest absolute Gasteiger partial charge is 0.325 e. The maximum atomic E-state index is 12.7. The van der Waals surface area contributed by atoms with Crippen LogP contribution in [-0.2, 0) is 9.53 Å². The normalized spacial score (nSPS) is 10.4. The Morgan fingerprint density at radius 1 is 1.10 bits per heavy atom. The third-order valence-electron chi connectivity index (χ3n) is 3.83. The Labute approximate surface area is 164 Å². The van der Waals surface area contributed by atoms with Crippen molar-refractivity contribution in [3.63, 3.8) is 0 Å². The van der Waals surface area contributed by atoms with Crippen LogP contribution in [0.4, 0.5) is 5.69 Å². The van der Waals surface area contributed by atoms with E-state index in [0.717, 1.165) is 4.40 Å². The van der Waals surface area contributed by atoms with Crippen LogP contribution in [0.5, 0.6) is 0 Å². The predicted molar refractivity (Wildman–Crippen MR) is 103 cm³/mol. The van der Waals surface area contributed by atoms with E-state index in [1.165, 1.54) is 36.9 Å². The number of nitrogens with one attached hydrogen (secondary N) is 2. The van der Waals surface area contributed by atoms with Gasteiger partial charge in [0.1, 0.15) is 17.9 Å². The molecule has 0 bridgehead atoms. The van der Waals surface area contributed by atoms with Crippen LogP contribution in [0, 0.1) is 0 Å². The summed E-state index contributed by atoms with van der Waals surface area (Å²) in [5.74, 6) is -1.64. The molecule has 148 valence electrons. The second-order valence-electron chi connectivity index (χ2n) is 5.81. The minimum Gasteiger partial charge on any atom is -0.465 e. The zero-order valence-corrected chi connectivity index (χ0v) is 15.4. The van der Waals surface area contributed by atoms with Gasteiger partial charge in [-0.15, -0.1) is 0 Å². The maximum absolute atomic E-state index is 12.7.